The maximum atomic E-state index is 2.87. The number of para-hydroxylation sites is 2. The van der Waals surface area contributed by atoms with Crippen molar-refractivity contribution in [2.24, 2.45) is 35.5 Å². The average Bonchev–Trinajstić information content (AvgIpc) is 3.75. The molecule has 0 radical (unpaired) electrons. The molecular formula is C69H59BN2. The summed E-state index contributed by atoms with van der Waals surface area (Å²) in [5.41, 5.74) is 23.8. The van der Waals surface area contributed by atoms with Crippen molar-refractivity contribution >= 4 is 51.0 Å². The third-order valence-electron chi connectivity index (χ3n) is 21.5. The predicted octanol–water partition coefficient (Wildman–Crippen LogP) is 15.3. The number of hydrogen-bond donors (Lipinski definition) is 0. The van der Waals surface area contributed by atoms with Gasteiger partial charge in [0.2, 0.25) is 0 Å². The summed E-state index contributed by atoms with van der Waals surface area (Å²) in [6.07, 6.45) is 17.1. The van der Waals surface area contributed by atoms with Gasteiger partial charge in [-0.2, -0.15) is 0 Å². The molecule has 8 aromatic carbocycles. The van der Waals surface area contributed by atoms with Crippen molar-refractivity contribution in [2.75, 3.05) is 4.81 Å². The van der Waals surface area contributed by atoms with Crippen molar-refractivity contribution in [2.45, 2.75) is 93.3 Å². The lowest BCUT2D eigenvalue weighted by Gasteiger charge is -2.57. The fourth-order valence-corrected chi connectivity index (χ4v) is 19.8. The van der Waals surface area contributed by atoms with Crippen LogP contribution in [0, 0.1) is 35.5 Å². The highest BCUT2D eigenvalue weighted by Gasteiger charge is 2.56. The lowest BCUT2D eigenvalue weighted by atomic mass is 9.41. The van der Waals surface area contributed by atoms with Crippen LogP contribution in [0.1, 0.15) is 110 Å². The van der Waals surface area contributed by atoms with Gasteiger partial charge in [-0.3, -0.25) is 0 Å². The highest BCUT2D eigenvalue weighted by molar-refractivity contribution is 6.93. The molecule has 0 N–H and O–H groups in total. The summed E-state index contributed by atoms with van der Waals surface area (Å²) in [6, 6.07) is 69.9. The molecule has 8 saturated carbocycles. The number of benzene rings is 8. The van der Waals surface area contributed by atoms with E-state index in [1.165, 1.54) is 171 Å². The maximum Gasteiger partial charge on any atom is 0.333 e. The van der Waals surface area contributed by atoms with E-state index in [4.69, 9.17) is 0 Å². The molecule has 348 valence electrons. The molecule has 72 heavy (non-hydrogen) atoms. The molecule has 8 aliphatic carbocycles. The second-order valence-electron chi connectivity index (χ2n) is 25.2. The van der Waals surface area contributed by atoms with Gasteiger partial charge >= 0.3 is 6.85 Å². The Kier molecular flexibility index (Phi) is 7.73. The number of nitrogens with zero attached hydrogens (tertiary/aromatic N) is 2. The zero-order valence-electron chi connectivity index (χ0n) is 41.2. The third-order valence-corrected chi connectivity index (χ3v) is 21.5. The van der Waals surface area contributed by atoms with E-state index in [-0.39, 0.29) is 12.3 Å². The third kappa shape index (κ3) is 5.04. The van der Waals surface area contributed by atoms with Crippen molar-refractivity contribution in [3.05, 3.63) is 209 Å². The summed E-state index contributed by atoms with van der Waals surface area (Å²) in [5, 5.41) is 3.00. The smallest absolute Gasteiger partial charge is 0.333 e. The second-order valence-corrected chi connectivity index (χ2v) is 25.2. The molecule has 8 bridgehead atoms. The number of rotatable bonds is 5. The Morgan fingerprint density at radius 1 is 0.403 bits per heavy atom. The molecule has 20 rings (SSSR count). The molecule has 0 amide bonds. The van der Waals surface area contributed by atoms with Crippen molar-refractivity contribution in [3.63, 3.8) is 0 Å². The molecule has 0 saturated heterocycles. The topological polar surface area (TPSA) is 8.17 Å². The molecule has 9 aromatic rings. The zero-order valence-corrected chi connectivity index (χ0v) is 41.2. The highest BCUT2D eigenvalue weighted by Crippen LogP contribution is 2.64. The molecule has 3 aliphatic heterocycles. The van der Waals surface area contributed by atoms with E-state index in [1.807, 2.05) is 0 Å². The van der Waals surface area contributed by atoms with Gasteiger partial charge in [0.15, 0.2) is 0 Å². The van der Waals surface area contributed by atoms with Gasteiger partial charge in [0.05, 0.1) is 16.4 Å². The van der Waals surface area contributed by atoms with E-state index in [9.17, 15) is 0 Å². The van der Waals surface area contributed by atoms with Crippen LogP contribution in [-0.4, -0.2) is 11.4 Å². The van der Waals surface area contributed by atoms with Crippen LogP contribution in [0.4, 0.5) is 11.4 Å². The fraction of sp³-hybridized carbons (Fsp3) is 0.304. The van der Waals surface area contributed by atoms with Gasteiger partial charge in [-0.05, 0) is 221 Å². The molecule has 2 nitrogen and oxygen atoms in total. The van der Waals surface area contributed by atoms with Crippen LogP contribution in [-0.2, 0) is 16.2 Å². The van der Waals surface area contributed by atoms with Crippen LogP contribution in [0.25, 0.3) is 49.7 Å². The van der Waals surface area contributed by atoms with Gasteiger partial charge in [-0.25, -0.2) is 0 Å². The molecule has 0 spiro atoms. The SMILES string of the molecule is c1ccc(-c2cc3c4c(c2)-n2c5ccc(C67CC8CC(CC(C8)C6)C7)cc5c5cc(C67CC8CC(CC(C8)C6)C7)cc(c52)B4N2c4ccccc4C(c4ccccc4)(c4ccccc4)c4cccc-3c42)cc1. The minimum Gasteiger partial charge on any atom is -0.376 e. The van der Waals surface area contributed by atoms with E-state index in [0.29, 0.717) is 5.41 Å². The van der Waals surface area contributed by atoms with E-state index in [2.05, 4.69) is 185 Å². The number of aromatic nitrogens is 1. The Bertz CT molecular complexity index is 3680. The number of hydrogen-bond acceptors (Lipinski definition) is 1. The summed E-state index contributed by atoms with van der Waals surface area (Å²) in [4.78, 5) is 2.87. The standard InChI is InChI=1S/C69H59BN2/c1-4-13-48(14-5-1)49-31-56-54-19-12-21-59-65(54)72(62-22-11-10-20-58(62)69(59,50-15-6-2-7-16-50)51-17-8-3-9-18-51)70-60-35-53(68-39-45-28-46(40-68)30-47(29-45)41-68)34-57-55-33-52(67-36-42-25-43(37-67)27-44(26-42)38-67)23-24-61(55)71(66(57)60)63(32-49)64(56)70/h1-24,31-35,42-47H,25-30,36-41H2. The molecule has 3 heteroatoms. The van der Waals surface area contributed by atoms with E-state index >= 15 is 0 Å². The lowest BCUT2D eigenvalue weighted by molar-refractivity contribution is -0.00526. The highest BCUT2D eigenvalue weighted by atomic mass is 15.1. The van der Waals surface area contributed by atoms with Gasteiger partial charge in [0.1, 0.15) is 0 Å². The van der Waals surface area contributed by atoms with Crippen LogP contribution < -0.4 is 15.7 Å². The Morgan fingerprint density at radius 2 is 0.958 bits per heavy atom. The van der Waals surface area contributed by atoms with E-state index in [1.54, 1.807) is 11.1 Å². The van der Waals surface area contributed by atoms with E-state index < -0.39 is 5.41 Å². The first-order chi connectivity index (χ1) is 35.5. The molecule has 0 atom stereocenters. The average molecular weight is 927 g/mol. The van der Waals surface area contributed by atoms with E-state index in [0.717, 1.165) is 35.5 Å². The van der Waals surface area contributed by atoms with Crippen molar-refractivity contribution in [1.29, 1.82) is 0 Å². The summed E-state index contributed by atoms with van der Waals surface area (Å²) < 4.78 is 2.79. The van der Waals surface area contributed by atoms with Crippen molar-refractivity contribution < 1.29 is 0 Å². The molecule has 0 unspecified atom stereocenters. The summed E-state index contributed by atoms with van der Waals surface area (Å²) in [7, 11) is 0. The molecular weight excluding hydrogens is 868 g/mol. The summed E-state index contributed by atoms with van der Waals surface area (Å²) in [6.45, 7) is -0.0185. The largest absolute Gasteiger partial charge is 0.376 e. The zero-order chi connectivity index (χ0) is 46.7. The molecule has 8 fully saturated rings. The quantitative estimate of drug-likeness (QED) is 0.156. The lowest BCUT2D eigenvalue weighted by Crippen LogP contribution is -2.62. The molecule has 4 heterocycles. The first-order valence-electron chi connectivity index (χ1n) is 28.0. The first-order valence-corrected chi connectivity index (χ1v) is 28.0. The number of anilines is 2. The Balaban J connectivity index is 0.979. The minimum absolute atomic E-state index is 0.0185. The van der Waals surface area contributed by atoms with Crippen LogP contribution in [0.5, 0.6) is 0 Å². The Morgan fingerprint density at radius 3 is 1.60 bits per heavy atom. The summed E-state index contributed by atoms with van der Waals surface area (Å²) in [5.74, 6) is 5.36. The fourth-order valence-electron chi connectivity index (χ4n) is 19.8. The van der Waals surface area contributed by atoms with Crippen LogP contribution in [0.2, 0.25) is 0 Å². The van der Waals surface area contributed by atoms with Gasteiger partial charge in [0.25, 0.3) is 0 Å². The summed E-state index contributed by atoms with van der Waals surface area (Å²) >= 11 is 0. The first kappa shape index (κ1) is 40.0. The second kappa shape index (κ2) is 13.9. The number of fused-ring (bicyclic) bond motifs is 9. The maximum absolute atomic E-state index is 2.87. The van der Waals surface area contributed by atoms with Gasteiger partial charge < -0.3 is 9.38 Å². The van der Waals surface area contributed by atoms with Crippen molar-refractivity contribution in [1.82, 2.24) is 4.57 Å². The van der Waals surface area contributed by atoms with Crippen LogP contribution in [0.15, 0.2) is 176 Å². The Hall–Kier alpha value is -6.58. The van der Waals surface area contributed by atoms with Crippen LogP contribution in [0.3, 0.4) is 0 Å². The monoisotopic (exact) mass is 926 g/mol. The van der Waals surface area contributed by atoms with Crippen molar-refractivity contribution in [3.8, 4) is 27.9 Å². The molecule has 1 aromatic heterocycles. The van der Waals surface area contributed by atoms with Gasteiger partial charge in [-0.1, -0.05) is 140 Å². The predicted molar refractivity (Wildman–Crippen MR) is 297 cm³/mol. The normalized spacial score (nSPS) is 28.9. The van der Waals surface area contributed by atoms with Gasteiger partial charge in [-0.15, -0.1) is 0 Å². The minimum atomic E-state index is -0.536. The Labute approximate surface area is 424 Å². The molecule has 11 aliphatic rings. The van der Waals surface area contributed by atoms with Gasteiger partial charge in [0, 0.05) is 33.4 Å². The van der Waals surface area contributed by atoms with Crippen LogP contribution >= 0.6 is 0 Å².